The number of carbonyl (C=O) groups excluding carboxylic acids is 1. The number of nitrogens with zero attached hydrogens (tertiary/aromatic N) is 1. The van der Waals surface area contributed by atoms with E-state index in [1.807, 2.05) is 0 Å². The maximum Gasteiger partial charge on any atom is 0.233 e. The Bertz CT molecular complexity index is 430. The van der Waals surface area contributed by atoms with Crippen LogP contribution in [0.5, 0.6) is 5.75 Å². The molecular formula is C12H17N3O3. The van der Waals surface area contributed by atoms with Gasteiger partial charge in [0, 0.05) is 26.0 Å². The Morgan fingerprint density at radius 1 is 1.56 bits per heavy atom. The number of nitrogens with one attached hydrogen (secondary N) is 1. The first kappa shape index (κ1) is 12.8. The maximum absolute atomic E-state index is 12.3. The number of carbonyl (C=O) groups is 1. The van der Waals surface area contributed by atoms with Gasteiger partial charge in [-0.3, -0.25) is 4.79 Å². The first-order valence-electron chi connectivity index (χ1n) is 5.91. The van der Waals surface area contributed by atoms with Crippen molar-refractivity contribution < 1.29 is 14.6 Å². The third-order valence-corrected chi connectivity index (χ3v) is 3.34. The Balaban J connectivity index is 2.13. The Hall–Kier alpha value is -1.66. The molecule has 6 nitrogen and oxygen atoms in total. The molecule has 1 aromatic heterocycles. The highest BCUT2D eigenvalue weighted by Crippen LogP contribution is 2.31. The van der Waals surface area contributed by atoms with Crippen molar-refractivity contribution in [3.63, 3.8) is 0 Å². The molecule has 98 valence electrons. The number of anilines is 1. The number of nitrogens with two attached hydrogens (primary N) is 1. The highest BCUT2D eigenvalue weighted by molar-refractivity contribution is 5.95. The molecule has 1 fully saturated rings. The summed E-state index contributed by atoms with van der Waals surface area (Å²) in [5, 5.41) is 12.2. The third-order valence-electron chi connectivity index (χ3n) is 3.34. The van der Waals surface area contributed by atoms with Crippen molar-refractivity contribution in [3.8, 4) is 5.75 Å². The summed E-state index contributed by atoms with van der Waals surface area (Å²) in [4.78, 5) is 16.2. The van der Waals surface area contributed by atoms with Gasteiger partial charge < -0.3 is 20.9 Å². The molecule has 0 saturated carbocycles. The van der Waals surface area contributed by atoms with Crippen molar-refractivity contribution in [2.75, 3.05) is 25.1 Å². The van der Waals surface area contributed by atoms with E-state index in [0.717, 1.165) is 0 Å². The molecule has 6 heteroatoms. The number of ether oxygens (including phenoxy) is 1. The molecule has 4 N–H and O–H groups in total. The van der Waals surface area contributed by atoms with E-state index in [1.165, 1.54) is 12.3 Å². The van der Waals surface area contributed by atoms with Crippen LogP contribution in [0.15, 0.2) is 18.3 Å². The van der Waals surface area contributed by atoms with Gasteiger partial charge in [-0.1, -0.05) is 0 Å². The first-order valence-corrected chi connectivity index (χ1v) is 5.91. The monoisotopic (exact) mass is 251 g/mol. The molecule has 0 bridgehead atoms. The van der Waals surface area contributed by atoms with E-state index in [1.54, 1.807) is 6.07 Å². The molecule has 0 aliphatic carbocycles. The van der Waals surface area contributed by atoms with E-state index in [2.05, 4.69) is 10.3 Å². The summed E-state index contributed by atoms with van der Waals surface area (Å²) >= 11 is 0. The summed E-state index contributed by atoms with van der Waals surface area (Å²) in [5.74, 6) is -0.0887. The van der Waals surface area contributed by atoms with Crippen molar-refractivity contribution >= 4 is 11.7 Å². The van der Waals surface area contributed by atoms with Crippen molar-refractivity contribution in [1.82, 2.24) is 4.98 Å². The first-order chi connectivity index (χ1) is 8.68. The lowest BCUT2D eigenvalue weighted by Crippen LogP contribution is -2.46. The average Bonchev–Trinajstić information content (AvgIpc) is 2.42. The Labute approximate surface area is 105 Å². The lowest BCUT2D eigenvalue weighted by Gasteiger charge is -2.34. The quantitative estimate of drug-likeness (QED) is 0.726. The number of amides is 1. The zero-order valence-electron chi connectivity index (χ0n) is 10.1. The summed E-state index contributed by atoms with van der Waals surface area (Å²) in [7, 11) is 0. The topological polar surface area (TPSA) is 97.5 Å². The molecule has 0 spiro atoms. The molecule has 0 aromatic carbocycles. The predicted octanol–water partition coefficient (Wildman–Crippen LogP) is 0.481. The summed E-state index contributed by atoms with van der Waals surface area (Å²) in [5.41, 5.74) is 5.11. The fourth-order valence-electron chi connectivity index (χ4n) is 2.02. The third kappa shape index (κ3) is 2.44. The van der Waals surface area contributed by atoms with E-state index in [0.29, 0.717) is 26.1 Å². The molecule has 1 saturated heterocycles. The van der Waals surface area contributed by atoms with Gasteiger partial charge in [-0.05, 0) is 25.0 Å². The summed E-state index contributed by atoms with van der Waals surface area (Å²) in [6.45, 7) is 1.31. The van der Waals surface area contributed by atoms with Crippen LogP contribution in [0.1, 0.15) is 12.8 Å². The second-order valence-electron chi connectivity index (χ2n) is 4.42. The van der Waals surface area contributed by atoms with Crippen LogP contribution in [-0.2, 0) is 9.53 Å². The Morgan fingerprint density at radius 3 is 2.89 bits per heavy atom. The summed E-state index contributed by atoms with van der Waals surface area (Å²) in [6.07, 6.45) is 2.68. The van der Waals surface area contributed by atoms with Crippen LogP contribution in [0, 0.1) is 5.41 Å². The molecular weight excluding hydrogens is 234 g/mol. The van der Waals surface area contributed by atoms with Crippen LogP contribution in [0.4, 0.5) is 5.82 Å². The number of aromatic hydroxyl groups is 1. The van der Waals surface area contributed by atoms with Gasteiger partial charge >= 0.3 is 0 Å². The smallest absolute Gasteiger partial charge is 0.233 e. The van der Waals surface area contributed by atoms with E-state index < -0.39 is 5.41 Å². The molecule has 1 amide bonds. The lowest BCUT2D eigenvalue weighted by atomic mass is 9.79. The number of aromatic nitrogens is 1. The van der Waals surface area contributed by atoms with Gasteiger partial charge in [-0.25, -0.2) is 4.98 Å². The fourth-order valence-corrected chi connectivity index (χ4v) is 2.02. The van der Waals surface area contributed by atoms with E-state index in [-0.39, 0.29) is 24.0 Å². The van der Waals surface area contributed by atoms with E-state index in [4.69, 9.17) is 10.5 Å². The molecule has 1 aromatic rings. The van der Waals surface area contributed by atoms with Gasteiger partial charge in [0.15, 0.2) is 11.6 Å². The van der Waals surface area contributed by atoms with Gasteiger partial charge in [-0.2, -0.15) is 0 Å². The Morgan fingerprint density at radius 2 is 2.28 bits per heavy atom. The van der Waals surface area contributed by atoms with Gasteiger partial charge in [0.25, 0.3) is 0 Å². The van der Waals surface area contributed by atoms with Crippen LogP contribution in [0.25, 0.3) is 0 Å². The minimum absolute atomic E-state index is 0.0509. The van der Waals surface area contributed by atoms with E-state index in [9.17, 15) is 9.90 Å². The highest BCUT2D eigenvalue weighted by Gasteiger charge is 2.39. The largest absolute Gasteiger partial charge is 0.504 e. The fraction of sp³-hybridized carbons (Fsp3) is 0.500. The van der Waals surface area contributed by atoms with Crippen molar-refractivity contribution in [2.45, 2.75) is 12.8 Å². The number of rotatable bonds is 3. The predicted molar refractivity (Wildman–Crippen MR) is 66.1 cm³/mol. The van der Waals surface area contributed by atoms with Gasteiger partial charge in [-0.15, -0.1) is 0 Å². The van der Waals surface area contributed by atoms with Crippen LogP contribution in [0.3, 0.4) is 0 Å². The van der Waals surface area contributed by atoms with Gasteiger partial charge in [0.05, 0.1) is 5.41 Å². The van der Waals surface area contributed by atoms with Crippen molar-refractivity contribution in [2.24, 2.45) is 11.1 Å². The molecule has 2 rings (SSSR count). The zero-order valence-corrected chi connectivity index (χ0v) is 10.1. The second kappa shape index (κ2) is 5.32. The minimum atomic E-state index is -0.623. The van der Waals surface area contributed by atoms with Crippen LogP contribution < -0.4 is 11.1 Å². The summed E-state index contributed by atoms with van der Waals surface area (Å²) in [6, 6.07) is 3.07. The normalized spacial score (nSPS) is 18.3. The molecule has 0 unspecified atom stereocenters. The zero-order chi connectivity index (χ0) is 13.0. The number of hydrogen-bond donors (Lipinski definition) is 3. The van der Waals surface area contributed by atoms with E-state index >= 15 is 0 Å². The van der Waals surface area contributed by atoms with Crippen LogP contribution in [-0.4, -0.2) is 35.8 Å². The molecule has 2 heterocycles. The molecule has 1 aliphatic heterocycles. The average molecular weight is 251 g/mol. The van der Waals surface area contributed by atoms with Crippen molar-refractivity contribution in [1.29, 1.82) is 0 Å². The highest BCUT2D eigenvalue weighted by atomic mass is 16.5. The second-order valence-corrected chi connectivity index (χ2v) is 4.42. The minimum Gasteiger partial charge on any atom is -0.504 e. The standard InChI is InChI=1S/C12H17N3O3/c13-8-12(3-6-18-7-4-12)11(17)15-10-9(16)2-1-5-14-10/h1-2,5,16H,3-4,6-8,13H2,(H,14,15,17). The van der Waals surface area contributed by atoms with Gasteiger partial charge in [0.1, 0.15) is 0 Å². The molecule has 18 heavy (non-hydrogen) atoms. The molecule has 1 aliphatic rings. The SMILES string of the molecule is NCC1(C(=O)Nc2ncccc2O)CCOCC1. The van der Waals surface area contributed by atoms with Gasteiger partial charge in [0.2, 0.25) is 5.91 Å². The molecule has 0 radical (unpaired) electrons. The lowest BCUT2D eigenvalue weighted by molar-refractivity contribution is -0.130. The molecule has 0 atom stereocenters. The number of hydrogen-bond acceptors (Lipinski definition) is 5. The van der Waals surface area contributed by atoms with Crippen molar-refractivity contribution in [3.05, 3.63) is 18.3 Å². The van der Waals surface area contributed by atoms with Crippen LogP contribution in [0.2, 0.25) is 0 Å². The maximum atomic E-state index is 12.3. The van der Waals surface area contributed by atoms with Crippen LogP contribution >= 0.6 is 0 Å². The summed E-state index contributed by atoms with van der Waals surface area (Å²) < 4.78 is 5.25. The Kier molecular flexibility index (Phi) is 3.78. The number of pyridine rings is 1.